The van der Waals surface area contributed by atoms with Crippen molar-refractivity contribution >= 4 is 34.8 Å². The number of barbiturate groups is 1. The predicted octanol–water partition coefficient (Wildman–Crippen LogP) is 5.42. The molecule has 1 saturated carbocycles. The van der Waals surface area contributed by atoms with Crippen LogP contribution in [0, 0.1) is 0 Å². The van der Waals surface area contributed by atoms with E-state index in [2.05, 4.69) is 42.8 Å². The van der Waals surface area contributed by atoms with Gasteiger partial charge in [0.1, 0.15) is 17.9 Å². The monoisotopic (exact) mass is 499 g/mol. The molecular weight excluding hydrogens is 466 g/mol. The number of hydrogen-bond donors (Lipinski definition) is 1. The van der Waals surface area contributed by atoms with Crippen LogP contribution in [0.3, 0.4) is 0 Å². The van der Waals surface area contributed by atoms with Crippen LogP contribution in [0.1, 0.15) is 57.6 Å². The van der Waals surface area contributed by atoms with Gasteiger partial charge in [0.05, 0.1) is 6.54 Å². The van der Waals surface area contributed by atoms with Crippen molar-refractivity contribution in [1.82, 2.24) is 14.8 Å². The van der Waals surface area contributed by atoms with Crippen molar-refractivity contribution in [2.24, 2.45) is 0 Å². The van der Waals surface area contributed by atoms with Crippen molar-refractivity contribution < 1.29 is 19.1 Å². The van der Waals surface area contributed by atoms with Crippen molar-refractivity contribution in [3.8, 4) is 5.75 Å². The molecule has 2 fully saturated rings. The zero-order valence-electron chi connectivity index (χ0n) is 21.6. The Morgan fingerprint density at radius 1 is 1.00 bits per heavy atom. The third-order valence-corrected chi connectivity index (χ3v) is 7.26. The SMILES string of the molecule is CC(C)(C)c1ccc(OCCn2cc(/C=C3/C(=O)NC(=O)N(C4CCCC4)C3=O)c3ccccc32)cc1. The molecule has 0 atom stereocenters. The Kier molecular flexibility index (Phi) is 6.63. The topological polar surface area (TPSA) is 80.6 Å². The number of carbonyl (C=O) groups excluding carboxylic acids is 3. The molecule has 0 bridgehead atoms. The highest BCUT2D eigenvalue weighted by atomic mass is 16.5. The summed E-state index contributed by atoms with van der Waals surface area (Å²) in [7, 11) is 0. The Morgan fingerprint density at radius 3 is 2.41 bits per heavy atom. The summed E-state index contributed by atoms with van der Waals surface area (Å²) >= 11 is 0. The van der Waals surface area contributed by atoms with Gasteiger partial charge in [0.15, 0.2) is 0 Å². The lowest BCUT2D eigenvalue weighted by Crippen LogP contribution is -2.57. The molecule has 1 N–H and O–H groups in total. The molecule has 5 rings (SSSR count). The Balaban J connectivity index is 1.37. The molecule has 1 aliphatic heterocycles. The first-order chi connectivity index (χ1) is 17.7. The van der Waals surface area contributed by atoms with E-state index in [4.69, 9.17) is 4.74 Å². The van der Waals surface area contributed by atoms with Gasteiger partial charge in [-0.25, -0.2) is 4.79 Å². The minimum absolute atomic E-state index is 0.00964. The standard InChI is InChI=1S/C30H33N3O4/c1-30(2,3)21-12-14-23(15-13-21)37-17-16-32-19-20(24-10-6-7-11-26(24)32)18-25-27(34)31-29(36)33(28(25)35)22-8-4-5-9-22/h6-7,10-15,18-19,22H,4-5,8-9,16-17H2,1-3H3,(H,31,34,36)/b25-18-. The molecule has 0 spiro atoms. The molecule has 1 saturated heterocycles. The molecule has 3 aromatic rings. The lowest BCUT2D eigenvalue weighted by molar-refractivity contribution is -0.131. The second kappa shape index (κ2) is 9.88. The number of ether oxygens (including phenoxy) is 1. The van der Waals surface area contributed by atoms with E-state index in [0.29, 0.717) is 13.2 Å². The number of imide groups is 2. The van der Waals surface area contributed by atoms with Crippen LogP contribution in [0.2, 0.25) is 0 Å². The summed E-state index contributed by atoms with van der Waals surface area (Å²) in [5.74, 6) is -0.351. The van der Waals surface area contributed by atoms with Crippen molar-refractivity contribution in [2.75, 3.05) is 6.61 Å². The third kappa shape index (κ3) is 5.03. The largest absolute Gasteiger partial charge is 0.492 e. The second-order valence-corrected chi connectivity index (χ2v) is 10.8. The van der Waals surface area contributed by atoms with Crippen molar-refractivity contribution in [2.45, 2.75) is 64.5 Å². The fourth-order valence-electron chi connectivity index (χ4n) is 5.21. The maximum atomic E-state index is 13.2. The summed E-state index contributed by atoms with van der Waals surface area (Å²) in [6.07, 6.45) is 7.05. The average Bonchev–Trinajstić information content (AvgIpc) is 3.50. The summed E-state index contributed by atoms with van der Waals surface area (Å²) in [6.45, 7) is 7.61. The summed E-state index contributed by atoms with van der Waals surface area (Å²) in [4.78, 5) is 39.6. The van der Waals surface area contributed by atoms with Gasteiger partial charge in [0, 0.05) is 28.7 Å². The molecule has 192 valence electrons. The van der Waals surface area contributed by atoms with Crippen molar-refractivity contribution in [1.29, 1.82) is 0 Å². The quantitative estimate of drug-likeness (QED) is 0.363. The normalized spacial score (nSPS) is 18.2. The first-order valence-corrected chi connectivity index (χ1v) is 12.9. The van der Waals surface area contributed by atoms with E-state index in [1.54, 1.807) is 6.08 Å². The van der Waals surface area contributed by atoms with Crippen molar-refractivity contribution in [3.63, 3.8) is 0 Å². The predicted molar refractivity (Wildman–Crippen MR) is 143 cm³/mol. The minimum atomic E-state index is -0.650. The van der Waals surface area contributed by atoms with Gasteiger partial charge < -0.3 is 9.30 Å². The first-order valence-electron chi connectivity index (χ1n) is 12.9. The number of urea groups is 1. The second-order valence-electron chi connectivity index (χ2n) is 10.8. The molecule has 2 aliphatic rings. The maximum Gasteiger partial charge on any atom is 0.331 e. The van der Waals surface area contributed by atoms with E-state index >= 15 is 0 Å². The Morgan fingerprint density at radius 2 is 1.70 bits per heavy atom. The minimum Gasteiger partial charge on any atom is -0.492 e. The highest BCUT2D eigenvalue weighted by molar-refractivity contribution is 6.31. The number of para-hydroxylation sites is 1. The van der Waals surface area contributed by atoms with E-state index < -0.39 is 17.8 Å². The fourth-order valence-corrected chi connectivity index (χ4v) is 5.21. The van der Waals surface area contributed by atoms with Crippen LogP contribution < -0.4 is 10.1 Å². The van der Waals surface area contributed by atoms with E-state index in [1.165, 1.54) is 10.5 Å². The Hall–Kier alpha value is -3.87. The van der Waals surface area contributed by atoms with Crippen LogP contribution in [0.25, 0.3) is 17.0 Å². The van der Waals surface area contributed by atoms with Crippen LogP contribution in [-0.4, -0.2) is 40.0 Å². The molecule has 7 nitrogen and oxygen atoms in total. The molecule has 2 heterocycles. The summed E-state index contributed by atoms with van der Waals surface area (Å²) in [5, 5.41) is 3.29. The number of hydrogen-bond acceptors (Lipinski definition) is 4. The van der Waals surface area contributed by atoms with E-state index in [0.717, 1.165) is 47.9 Å². The van der Waals surface area contributed by atoms with Crippen LogP contribution in [0.4, 0.5) is 4.79 Å². The zero-order chi connectivity index (χ0) is 26.2. The number of nitrogens with one attached hydrogen (secondary N) is 1. The van der Waals surface area contributed by atoms with Crippen molar-refractivity contribution in [3.05, 3.63) is 71.4 Å². The number of fused-ring (bicyclic) bond motifs is 1. The zero-order valence-corrected chi connectivity index (χ0v) is 21.6. The van der Waals surface area contributed by atoms with Gasteiger partial charge in [-0.1, -0.05) is 63.9 Å². The number of amides is 4. The molecule has 2 aromatic carbocycles. The molecule has 0 radical (unpaired) electrons. The van der Waals surface area contributed by atoms with E-state index in [-0.39, 0.29) is 17.0 Å². The number of carbonyl (C=O) groups is 3. The maximum absolute atomic E-state index is 13.2. The lowest BCUT2D eigenvalue weighted by Gasteiger charge is -2.31. The number of nitrogens with zero attached hydrogens (tertiary/aromatic N) is 2. The number of rotatable bonds is 6. The van der Waals surface area contributed by atoms with Crippen LogP contribution in [0.5, 0.6) is 5.75 Å². The van der Waals surface area contributed by atoms with Gasteiger partial charge in [0.25, 0.3) is 11.8 Å². The summed E-state index contributed by atoms with van der Waals surface area (Å²) in [6, 6.07) is 15.3. The number of aromatic nitrogens is 1. The van der Waals surface area contributed by atoms with Gasteiger partial charge in [-0.2, -0.15) is 0 Å². The molecule has 0 unspecified atom stereocenters. The highest BCUT2D eigenvalue weighted by Crippen LogP contribution is 2.29. The van der Waals surface area contributed by atoms with Gasteiger partial charge in [-0.15, -0.1) is 0 Å². The Bertz CT molecular complexity index is 1370. The van der Waals surface area contributed by atoms with Crippen LogP contribution in [0.15, 0.2) is 60.3 Å². The highest BCUT2D eigenvalue weighted by Gasteiger charge is 2.40. The summed E-state index contributed by atoms with van der Waals surface area (Å²) in [5.41, 5.74) is 3.07. The van der Waals surface area contributed by atoms with Gasteiger partial charge in [-0.05, 0) is 48.1 Å². The fraction of sp³-hybridized carbons (Fsp3) is 0.367. The first kappa shape index (κ1) is 24.8. The van der Waals surface area contributed by atoms with Crippen LogP contribution >= 0.6 is 0 Å². The molecule has 1 aromatic heterocycles. The van der Waals surface area contributed by atoms with E-state index in [9.17, 15) is 14.4 Å². The average molecular weight is 500 g/mol. The molecule has 37 heavy (non-hydrogen) atoms. The van der Waals surface area contributed by atoms with Gasteiger partial charge in [0.2, 0.25) is 0 Å². The number of benzene rings is 2. The third-order valence-electron chi connectivity index (χ3n) is 7.26. The molecule has 7 heteroatoms. The van der Waals surface area contributed by atoms with E-state index in [1.807, 2.05) is 42.6 Å². The summed E-state index contributed by atoms with van der Waals surface area (Å²) < 4.78 is 8.07. The molecular formula is C30H33N3O4. The van der Waals surface area contributed by atoms with Gasteiger partial charge in [-0.3, -0.25) is 19.8 Å². The van der Waals surface area contributed by atoms with Gasteiger partial charge >= 0.3 is 6.03 Å². The molecule has 1 aliphatic carbocycles. The smallest absolute Gasteiger partial charge is 0.331 e. The Labute approximate surface area is 217 Å². The van der Waals surface area contributed by atoms with Crippen LogP contribution in [-0.2, 0) is 21.5 Å². The molecule has 4 amide bonds. The lowest BCUT2D eigenvalue weighted by atomic mass is 9.87.